The largest absolute Gasteiger partial charge is 0.504 e. The van der Waals surface area contributed by atoms with Crippen LogP contribution < -0.4 is 4.90 Å². The van der Waals surface area contributed by atoms with Gasteiger partial charge in [0, 0.05) is 6.54 Å². The number of anilines is 1. The zero-order valence-corrected chi connectivity index (χ0v) is 18.6. The number of para-hydroxylation sites is 1. The van der Waals surface area contributed by atoms with Crippen molar-refractivity contribution in [1.29, 1.82) is 0 Å². The molecule has 2 amide bonds. The number of hydrogen-bond donors (Lipinski definition) is 0. The van der Waals surface area contributed by atoms with E-state index >= 15 is 0 Å². The second kappa shape index (κ2) is 8.15. The zero-order valence-electron chi connectivity index (χ0n) is 18.6. The second-order valence-electron chi connectivity index (χ2n) is 8.63. The monoisotopic (exact) mass is 446 g/mol. The first kappa shape index (κ1) is 21.4. The Morgan fingerprint density at radius 3 is 2.30 bits per heavy atom. The Morgan fingerprint density at radius 1 is 1.00 bits per heavy atom. The van der Waals surface area contributed by atoms with Crippen LogP contribution in [-0.2, 0) is 29.4 Å². The summed E-state index contributed by atoms with van der Waals surface area (Å²) in [5.41, 5.74) is 1.29. The third-order valence-electron chi connectivity index (χ3n) is 7.20. The highest BCUT2D eigenvalue weighted by Crippen LogP contribution is 2.60. The van der Waals surface area contributed by atoms with Crippen LogP contribution in [0.1, 0.15) is 18.4 Å². The minimum Gasteiger partial charge on any atom is -0.504 e. The van der Waals surface area contributed by atoms with Gasteiger partial charge in [-0.05, 0) is 36.1 Å². The van der Waals surface area contributed by atoms with Crippen LogP contribution >= 0.6 is 0 Å². The first-order valence-corrected chi connectivity index (χ1v) is 11.1. The summed E-state index contributed by atoms with van der Waals surface area (Å²) in [5.74, 6) is -2.81. The molecule has 4 atom stereocenters. The lowest BCUT2D eigenvalue weighted by atomic mass is 9.68. The van der Waals surface area contributed by atoms with Crippen molar-refractivity contribution in [3.05, 3.63) is 78.1 Å². The average Bonchev–Trinajstić information content (AvgIpc) is 3.31. The molecule has 170 valence electrons. The van der Waals surface area contributed by atoms with Crippen molar-refractivity contribution in [2.24, 2.45) is 11.8 Å². The number of benzene rings is 2. The number of piperidine rings is 1. The lowest BCUT2D eigenvalue weighted by Crippen LogP contribution is -2.57. The summed E-state index contributed by atoms with van der Waals surface area (Å²) in [6.45, 7) is 0.564. The van der Waals surface area contributed by atoms with E-state index in [4.69, 9.17) is 9.47 Å². The Hall–Kier alpha value is -3.45. The van der Waals surface area contributed by atoms with Gasteiger partial charge in [0.1, 0.15) is 6.04 Å². The maximum atomic E-state index is 14.1. The van der Waals surface area contributed by atoms with Gasteiger partial charge in [0.15, 0.2) is 0 Å². The summed E-state index contributed by atoms with van der Waals surface area (Å²) in [4.78, 5) is 44.3. The van der Waals surface area contributed by atoms with E-state index in [2.05, 4.69) is 0 Å². The van der Waals surface area contributed by atoms with Gasteiger partial charge in [0.2, 0.25) is 11.8 Å². The highest BCUT2D eigenvalue weighted by Gasteiger charge is 2.72. The molecule has 7 nitrogen and oxygen atoms in total. The first-order valence-electron chi connectivity index (χ1n) is 11.1. The van der Waals surface area contributed by atoms with Crippen molar-refractivity contribution in [2.75, 3.05) is 25.7 Å². The van der Waals surface area contributed by atoms with E-state index in [1.165, 1.54) is 12.0 Å². The first-order chi connectivity index (χ1) is 16.1. The molecule has 7 heteroatoms. The number of nitrogens with zero attached hydrogens (tertiary/aromatic N) is 2. The number of ether oxygens (including phenoxy) is 2. The van der Waals surface area contributed by atoms with E-state index in [0.717, 1.165) is 17.6 Å². The molecule has 0 unspecified atom stereocenters. The Bertz CT molecular complexity index is 1120. The molecule has 0 radical (unpaired) electrons. The van der Waals surface area contributed by atoms with Crippen LogP contribution in [0.4, 0.5) is 5.69 Å². The molecule has 2 aromatic carbocycles. The van der Waals surface area contributed by atoms with Gasteiger partial charge < -0.3 is 9.47 Å². The summed E-state index contributed by atoms with van der Waals surface area (Å²) < 4.78 is 10.6. The predicted molar refractivity (Wildman–Crippen MR) is 121 cm³/mol. The number of fused-ring (bicyclic) bond motifs is 3. The molecule has 0 saturated carbocycles. The van der Waals surface area contributed by atoms with E-state index in [0.29, 0.717) is 18.7 Å². The summed E-state index contributed by atoms with van der Waals surface area (Å²) in [5, 5.41) is 0. The maximum absolute atomic E-state index is 14.1. The Balaban J connectivity index is 1.79. The van der Waals surface area contributed by atoms with Crippen LogP contribution in [0, 0.1) is 11.8 Å². The van der Waals surface area contributed by atoms with Crippen LogP contribution in [0.2, 0.25) is 0 Å². The molecule has 2 aromatic rings. The molecule has 0 bridgehead atoms. The molecule has 3 aliphatic rings. The Morgan fingerprint density at radius 2 is 1.67 bits per heavy atom. The Labute approximate surface area is 192 Å². The molecule has 3 heterocycles. The number of carbonyl (C=O) groups excluding carboxylic acids is 3. The van der Waals surface area contributed by atoms with Gasteiger partial charge in [-0.15, -0.1) is 0 Å². The minimum atomic E-state index is -0.977. The van der Waals surface area contributed by atoms with E-state index in [9.17, 15) is 14.4 Å². The van der Waals surface area contributed by atoms with Crippen LogP contribution in [0.3, 0.4) is 0 Å². The van der Waals surface area contributed by atoms with E-state index in [-0.39, 0.29) is 11.8 Å². The molecule has 0 aromatic heterocycles. The molecule has 3 aliphatic heterocycles. The van der Waals surface area contributed by atoms with Gasteiger partial charge in [-0.1, -0.05) is 48.5 Å². The van der Waals surface area contributed by atoms with Gasteiger partial charge in [-0.2, -0.15) is 0 Å². The van der Waals surface area contributed by atoms with Gasteiger partial charge in [0.25, 0.3) is 0 Å². The molecular formula is C26H26N2O5. The van der Waals surface area contributed by atoms with Crippen LogP contribution in [0.15, 0.2) is 72.5 Å². The number of rotatable bonds is 4. The van der Waals surface area contributed by atoms with Crippen molar-refractivity contribution < 1.29 is 23.9 Å². The summed E-state index contributed by atoms with van der Waals surface area (Å²) in [7, 11) is 2.90. The highest BCUT2D eigenvalue weighted by molar-refractivity contribution is 6.24. The molecule has 33 heavy (non-hydrogen) atoms. The summed E-state index contributed by atoms with van der Waals surface area (Å²) >= 11 is 0. The molecule has 3 fully saturated rings. The topological polar surface area (TPSA) is 76.2 Å². The molecule has 0 N–H and O–H groups in total. The average molecular weight is 447 g/mol. The quantitative estimate of drug-likeness (QED) is 0.408. The number of hydrogen-bond acceptors (Lipinski definition) is 6. The molecule has 3 saturated heterocycles. The third-order valence-corrected chi connectivity index (χ3v) is 7.20. The van der Waals surface area contributed by atoms with Gasteiger partial charge in [0.05, 0.1) is 43.5 Å². The van der Waals surface area contributed by atoms with E-state index in [1.54, 1.807) is 37.6 Å². The van der Waals surface area contributed by atoms with Crippen molar-refractivity contribution in [1.82, 2.24) is 4.90 Å². The van der Waals surface area contributed by atoms with Crippen molar-refractivity contribution >= 4 is 23.5 Å². The van der Waals surface area contributed by atoms with Crippen LogP contribution in [0.25, 0.3) is 0 Å². The van der Waals surface area contributed by atoms with Crippen LogP contribution in [-0.4, -0.2) is 49.5 Å². The minimum absolute atomic E-state index is 0.305. The third kappa shape index (κ3) is 2.88. The fourth-order valence-corrected chi connectivity index (χ4v) is 6.11. The van der Waals surface area contributed by atoms with Gasteiger partial charge in [-0.25, -0.2) is 4.90 Å². The van der Waals surface area contributed by atoms with Crippen molar-refractivity contribution in [3.63, 3.8) is 0 Å². The normalized spacial score (nSPS) is 30.3. The molecule has 0 aliphatic carbocycles. The Kier molecular flexibility index (Phi) is 5.29. The highest BCUT2D eigenvalue weighted by atomic mass is 16.5. The molecule has 5 rings (SSSR count). The van der Waals surface area contributed by atoms with Crippen molar-refractivity contribution in [2.45, 2.75) is 24.4 Å². The number of imide groups is 1. The molecular weight excluding hydrogens is 420 g/mol. The SMILES string of the molecule is CO/C=C1\CCCN2[C@H](C(=O)OC)[C@@H]3C(=O)N(c4ccccc4)C(=O)[C@@H]3[C@]12c1ccccc1. The lowest BCUT2D eigenvalue weighted by molar-refractivity contribution is -0.150. The number of carbonyl (C=O) groups is 3. The van der Waals surface area contributed by atoms with Crippen LogP contribution in [0.5, 0.6) is 0 Å². The lowest BCUT2D eigenvalue weighted by Gasteiger charge is -2.48. The number of esters is 1. The van der Waals surface area contributed by atoms with Gasteiger partial charge in [-0.3, -0.25) is 19.3 Å². The van der Waals surface area contributed by atoms with Gasteiger partial charge >= 0.3 is 5.97 Å². The van der Waals surface area contributed by atoms with E-state index in [1.807, 2.05) is 41.3 Å². The zero-order chi connectivity index (χ0) is 23.2. The summed E-state index contributed by atoms with van der Waals surface area (Å²) in [6, 6.07) is 17.7. The smallest absolute Gasteiger partial charge is 0.323 e. The molecule has 0 spiro atoms. The van der Waals surface area contributed by atoms with E-state index < -0.39 is 29.4 Å². The fraction of sp³-hybridized carbons (Fsp3) is 0.346. The standard InChI is InChI=1S/C26H26N2O5/c1-32-16-18-12-9-15-27-22(25(31)33-2)20-21(26(18,27)17-10-5-3-6-11-17)24(30)28(23(20)29)19-13-7-4-8-14-19/h3-8,10-11,13-14,16,20-22H,9,12,15H2,1-2H3/b18-16+/t20-,21-,22+,26+/m1/s1. The predicted octanol–water partition coefficient (Wildman–Crippen LogP) is 2.87. The number of amides is 2. The summed E-state index contributed by atoms with van der Waals surface area (Å²) in [6.07, 6.45) is 3.16. The fourth-order valence-electron chi connectivity index (χ4n) is 6.11. The second-order valence-corrected chi connectivity index (χ2v) is 8.63. The maximum Gasteiger partial charge on any atom is 0.323 e. The number of methoxy groups -OCH3 is 2. The van der Waals surface area contributed by atoms with Crippen molar-refractivity contribution in [3.8, 4) is 0 Å².